The first kappa shape index (κ1) is 31.9. The van der Waals surface area contributed by atoms with Crippen molar-refractivity contribution >= 4 is 44.0 Å². The molecular weight excluding hydrogens is 613 g/mol. The van der Waals surface area contributed by atoms with Crippen molar-refractivity contribution in [3.05, 3.63) is 75.8 Å². The van der Waals surface area contributed by atoms with E-state index in [-0.39, 0.29) is 44.1 Å². The molecule has 4 aromatic carbocycles. The summed E-state index contributed by atoms with van der Waals surface area (Å²) >= 11 is 13.2. The summed E-state index contributed by atoms with van der Waals surface area (Å²) in [6.07, 6.45) is 0.536. The summed E-state index contributed by atoms with van der Waals surface area (Å²) in [5.74, 6) is 1.29. The Morgan fingerprint density at radius 3 is 2.16 bits per heavy atom. The molecule has 1 N–H and O–H groups in total. The van der Waals surface area contributed by atoms with Crippen molar-refractivity contribution in [3.8, 4) is 46.3 Å². The molecule has 0 heterocycles. The number of methoxy groups -OCH3 is 2. The fourth-order valence-corrected chi connectivity index (χ4v) is 5.90. The number of hydrogen-bond acceptors (Lipinski definition) is 8. The molecule has 0 bridgehead atoms. The van der Waals surface area contributed by atoms with Crippen LogP contribution >= 0.6 is 23.2 Å². The van der Waals surface area contributed by atoms with E-state index in [9.17, 15) is 18.9 Å². The maximum absolute atomic E-state index is 12.7. The minimum absolute atomic E-state index is 0.0490. The molecule has 0 unspecified atom stereocenters. The molecule has 0 radical (unpaired) electrons. The number of nitriles is 2. The number of nitrogens with zero attached hydrogens (tertiary/aromatic N) is 2. The van der Waals surface area contributed by atoms with Gasteiger partial charge in [-0.05, 0) is 72.8 Å². The third kappa shape index (κ3) is 6.97. The van der Waals surface area contributed by atoms with Gasteiger partial charge >= 0.3 is 0 Å². The van der Waals surface area contributed by atoms with Crippen LogP contribution in [0.2, 0.25) is 10.0 Å². The zero-order valence-electron chi connectivity index (χ0n) is 23.5. The highest BCUT2D eigenvalue weighted by Gasteiger charge is 2.24. The number of benzene rings is 4. The summed E-state index contributed by atoms with van der Waals surface area (Å²) in [5, 5.41) is 21.2. The van der Waals surface area contributed by atoms with Crippen LogP contribution in [0, 0.1) is 22.7 Å². The van der Waals surface area contributed by atoms with Crippen molar-refractivity contribution in [2.24, 2.45) is 0 Å². The van der Waals surface area contributed by atoms with Crippen LogP contribution in [0.25, 0.3) is 21.9 Å². The number of hydrogen-bond donors (Lipinski definition) is 1. The molecule has 0 aromatic heterocycles. The smallest absolute Gasteiger partial charge is 0.240 e. The van der Waals surface area contributed by atoms with E-state index >= 15 is 0 Å². The van der Waals surface area contributed by atoms with E-state index in [0.717, 1.165) is 0 Å². The molecule has 12 heteroatoms. The summed E-state index contributed by atoms with van der Waals surface area (Å²) in [7, 11) is -0.760. The minimum Gasteiger partial charge on any atom is -0.497 e. The molecule has 0 aliphatic heterocycles. The Morgan fingerprint density at radius 1 is 0.907 bits per heavy atom. The first-order chi connectivity index (χ1) is 20.7. The average Bonchev–Trinajstić information content (AvgIpc) is 3.02. The topological polar surface area (TPSA) is 131 Å². The van der Waals surface area contributed by atoms with Crippen LogP contribution < -0.4 is 18.9 Å². The number of fused-ring (bicyclic) bond motifs is 1. The van der Waals surface area contributed by atoms with Crippen molar-refractivity contribution in [3.63, 3.8) is 0 Å². The fraction of sp³-hybridized carbons (Fsp3) is 0.226. The summed E-state index contributed by atoms with van der Waals surface area (Å²) < 4.78 is 50.4. The van der Waals surface area contributed by atoms with Crippen LogP contribution in [0.3, 0.4) is 0 Å². The van der Waals surface area contributed by atoms with Crippen LogP contribution in [0.15, 0.2) is 59.5 Å². The molecular formula is C31H27Cl2N3O6S. The molecule has 9 nitrogen and oxygen atoms in total. The van der Waals surface area contributed by atoms with E-state index in [1.165, 1.54) is 44.6 Å². The first-order valence-corrected chi connectivity index (χ1v) is 15.3. The van der Waals surface area contributed by atoms with Crippen LogP contribution in [0.4, 0.5) is 0 Å². The lowest BCUT2D eigenvalue weighted by Gasteiger charge is -2.18. The van der Waals surface area contributed by atoms with Gasteiger partial charge < -0.3 is 18.9 Å². The molecule has 0 spiro atoms. The zero-order valence-corrected chi connectivity index (χ0v) is 25.9. The molecule has 0 amide bonds. The molecule has 0 fully saturated rings. The van der Waals surface area contributed by atoms with Crippen molar-refractivity contribution in [2.45, 2.75) is 18.2 Å². The second-order valence-corrected chi connectivity index (χ2v) is 11.7. The van der Waals surface area contributed by atoms with Gasteiger partial charge in [0.1, 0.15) is 34.4 Å². The normalized spacial score (nSPS) is 11.1. The number of sulfonamides is 1. The Balaban J connectivity index is 1.85. The molecule has 4 aromatic rings. The van der Waals surface area contributed by atoms with Gasteiger partial charge in [-0.25, -0.2) is 13.1 Å². The first-order valence-electron chi connectivity index (χ1n) is 13.0. The van der Waals surface area contributed by atoms with Crippen LogP contribution in [0.5, 0.6) is 23.0 Å². The monoisotopic (exact) mass is 639 g/mol. The summed E-state index contributed by atoms with van der Waals surface area (Å²) in [4.78, 5) is 0.0490. The van der Waals surface area contributed by atoms with Crippen molar-refractivity contribution in [1.82, 2.24) is 4.72 Å². The van der Waals surface area contributed by atoms with Crippen LogP contribution in [-0.4, -0.2) is 42.4 Å². The van der Waals surface area contributed by atoms with Crippen LogP contribution in [0.1, 0.15) is 24.5 Å². The van der Waals surface area contributed by atoms with Crippen molar-refractivity contribution < 1.29 is 27.4 Å². The maximum atomic E-state index is 12.7. The number of ether oxygens (including phenoxy) is 4. The highest BCUT2D eigenvalue weighted by atomic mass is 35.5. The lowest BCUT2D eigenvalue weighted by molar-refractivity contribution is 0.146. The lowest BCUT2D eigenvalue weighted by Crippen LogP contribution is -2.25. The molecule has 222 valence electrons. The fourth-order valence-electron chi connectivity index (χ4n) is 4.43. The van der Waals surface area contributed by atoms with Crippen molar-refractivity contribution in [2.75, 3.05) is 34.0 Å². The predicted octanol–water partition coefficient (Wildman–Crippen LogP) is 7.07. The van der Waals surface area contributed by atoms with Gasteiger partial charge in [0.25, 0.3) is 0 Å². The average molecular weight is 641 g/mol. The standard InChI is InChI=1S/C31H27Cl2N3O6S/c1-4-41-11-5-10-36-43(37,38)25-8-6-22(7-9-25)42-31-29-19(15-27(32)30(31)33)12-21(17-34)26(18-35)28(29)20-13-23(39-2)16-24(14-20)40-3/h6-9,12-16,36H,4-5,10-11H2,1-3H3. The minimum atomic E-state index is -3.76. The van der Waals surface area contributed by atoms with Gasteiger partial charge in [0.2, 0.25) is 10.0 Å². The Bertz CT molecular complexity index is 1830. The Morgan fingerprint density at radius 2 is 1.58 bits per heavy atom. The van der Waals surface area contributed by atoms with E-state index in [2.05, 4.69) is 16.9 Å². The number of nitrogens with one attached hydrogen (secondary N) is 1. The van der Waals surface area contributed by atoms with Gasteiger partial charge in [-0.3, -0.25) is 0 Å². The zero-order chi connectivity index (χ0) is 31.1. The van der Waals surface area contributed by atoms with Gasteiger partial charge in [-0.15, -0.1) is 0 Å². The number of rotatable bonds is 12. The van der Waals surface area contributed by atoms with E-state index in [1.54, 1.807) is 24.3 Å². The Hall–Kier alpha value is -4.03. The highest BCUT2D eigenvalue weighted by Crippen LogP contribution is 2.48. The van der Waals surface area contributed by atoms with Gasteiger partial charge in [0.15, 0.2) is 5.75 Å². The van der Waals surface area contributed by atoms with Gasteiger partial charge in [0, 0.05) is 36.8 Å². The second-order valence-electron chi connectivity index (χ2n) is 9.12. The van der Waals surface area contributed by atoms with Crippen LogP contribution in [-0.2, 0) is 14.8 Å². The van der Waals surface area contributed by atoms with E-state index in [0.29, 0.717) is 53.0 Å². The SMILES string of the molecule is CCOCCCNS(=O)(=O)c1ccc(Oc2c(Cl)c(Cl)cc3cc(C#N)c(C#N)c(-c4cc(OC)cc(OC)c4)c23)cc1. The predicted molar refractivity (Wildman–Crippen MR) is 165 cm³/mol. The second kappa shape index (κ2) is 14.0. The maximum Gasteiger partial charge on any atom is 0.240 e. The summed E-state index contributed by atoms with van der Waals surface area (Å²) in [6, 6.07) is 18.2. The molecule has 0 saturated carbocycles. The van der Waals surface area contributed by atoms with E-state index in [1.807, 2.05) is 6.92 Å². The summed E-state index contributed by atoms with van der Waals surface area (Å²) in [5.41, 5.74) is 1.08. The third-order valence-electron chi connectivity index (χ3n) is 6.46. The molecule has 43 heavy (non-hydrogen) atoms. The van der Waals surface area contributed by atoms with Crippen molar-refractivity contribution in [1.29, 1.82) is 10.5 Å². The quantitative estimate of drug-likeness (QED) is 0.163. The van der Waals surface area contributed by atoms with Gasteiger partial charge in [-0.1, -0.05) is 23.2 Å². The summed E-state index contributed by atoms with van der Waals surface area (Å²) in [6.45, 7) is 3.12. The molecule has 0 aliphatic rings. The van der Waals surface area contributed by atoms with E-state index < -0.39 is 10.0 Å². The van der Waals surface area contributed by atoms with E-state index in [4.69, 9.17) is 42.1 Å². The highest BCUT2D eigenvalue weighted by molar-refractivity contribution is 7.89. The molecule has 0 atom stereocenters. The molecule has 0 saturated heterocycles. The molecule has 0 aliphatic carbocycles. The molecule has 4 rings (SSSR count). The number of halogens is 2. The lowest BCUT2D eigenvalue weighted by atomic mass is 9.89. The Labute approximate surface area is 260 Å². The largest absolute Gasteiger partial charge is 0.497 e. The third-order valence-corrected chi connectivity index (χ3v) is 8.71. The van der Waals surface area contributed by atoms with Gasteiger partial charge in [-0.2, -0.15) is 10.5 Å². The van der Waals surface area contributed by atoms with Gasteiger partial charge in [0.05, 0.1) is 35.3 Å². The Kier molecular flexibility index (Phi) is 10.4.